The summed E-state index contributed by atoms with van der Waals surface area (Å²) in [6.45, 7) is 6.99. The molecule has 1 heterocycles. The molecule has 0 atom stereocenters. The van der Waals surface area contributed by atoms with E-state index in [1.807, 2.05) is 56.3 Å². The van der Waals surface area contributed by atoms with Gasteiger partial charge in [-0.05, 0) is 61.7 Å². The number of hydrogen-bond acceptors (Lipinski definition) is 5. The van der Waals surface area contributed by atoms with Gasteiger partial charge in [0.25, 0.3) is 5.91 Å². The first kappa shape index (κ1) is 18.4. The van der Waals surface area contributed by atoms with Crippen LogP contribution in [0.5, 0.6) is 5.75 Å². The second kappa shape index (κ2) is 8.35. The average Bonchev–Trinajstić information content (AvgIpc) is 3.12. The lowest BCUT2D eigenvalue weighted by molar-refractivity contribution is 0.0946. The van der Waals surface area contributed by atoms with E-state index in [4.69, 9.17) is 4.74 Å². The zero-order valence-corrected chi connectivity index (χ0v) is 15.7. The Balaban J connectivity index is 1.66. The Bertz CT molecular complexity index is 936. The number of rotatable bonds is 7. The predicted molar refractivity (Wildman–Crippen MR) is 104 cm³/mol. The fourth-order valence-electron chi connectivity index (χ4n) is 2.61. The third-order valence-electron chi connectivity index (χ3n) is 4.20. The van der Waals surface area contributed by atoms with Crippen molar-refractivity contribution in [3.8, 4) is 5.75 Å². The number of carbonyl (C=O) groups excluding carboxylic acids is 1. The minimum Gasteiger partial charge on any atom is -0.494 e. The summed E-state index contributed by atoms with van der Waals surface area (Å²) in [5.74, 6) is 0.860. The van der Waals surface area contributed by atoms with Crippen molar-refractivity contribution in [1.29, 1.82) is 0 Å². The van der Waals surface area contributed by atoms with Crippen molar-refractivity contribution < 1.29 is 9.53 Å². The molecule has 3 rings (SSSR count). The number of nitrogens with one attached hydrogen (secondary N) is 3. The van der Waals surface area contributed by atoms with Crippen molar-refractivity contribution in [3.05, 3.63) is 64.8 Å². The van der Waals surface area contributed by atoms with Crippen molar-refractivity contribution >= 4 is 17.4 Å². The van der Waals surface area contributed by atoms with E-state index in [1.165, 1.54) is 5.56 Å². The highest BCUT2D eigenvalue weighted by molar-refractivity contribution is 5.97. The molecule has 1 amide bonds. The summed E-state index contributed by atoms with van der Waals surface area (Å²) in [7, 11) is 0. The number of H-pyrrole nitrogens is 1. The summed E-state index contributed by atoms with van der Waals surface area (Å²) in [5, 5.41) is 16.5. The van der Waals surface area contributed by atoms with Crippen LogP contribution in [0.3, 0.4) is 0 Å². The van der Waals surface area contributed by atoms with E-state index in [2.05, 4.69) is 33.0 Å². The van der Waals surface area contributed by atoms with Gasteiger partial charge in [-0.3, -0.25) is 4.79 Å². The summed E-state index contributed by atoms with van der Waals surface area (Å²) in [4.78, 5) is 12.5. The lowest BCUT2D eigenvalue weighted by atomic mass is 10.1. The molecule has 3 aromatic rings. The minimum atomic E-state index is -0.308. The van der Waals surface area contributed by atoms with Gasteiger partial charge in [0.2, 0.25) is 0 Å². The molecule has 0 aliphatic carbocycles. The monoisotopic (exact) mass is 365 g/mol. The van der Waals surface area contributed by atoms with Gasteiger partial charge >= 0.3 is 0 Å². The molecule has 0 fully saturated rings. The highest BCUT2D eigenvalue weighted by atomic mass is 16.5. The van der Waals surface area contributed by atoms with E-state index >= 15 is 0 Å². The number of aryl methyl sites for hydroxylation is 2. The summed E-state index contributed by atoms with van der Waals surface area (Å²) >= 11 is 0. The van der Waals surface area contributed by atoms with E-state index < -0.39 is 0 Å². The van der Waals surface area contributed by atoms with Gasteiger partial charge in [-0.2, -0.15) is 5.21 Å². The highest BCUT2D eigenvalue weighted by Crippen LogP contribution is 2.20. The largest absolute Gasteiger partial charge is 0.494 e. The van der Waals surface area contributed by atoms with Crippen molar-refractivity contribution in [2.75, 3.05) is 11.9 Å². The van der Waals surface area contributed by atoms with Crippen LogP contribution in [0.2, 0.25) is 0 Å². The number of benzene rings is 2. The van der Waals surface area contributed by atoms with Crippen molar-refractivity contribution in [2.45, 2.75) is 27.3 Å². The van der Waals surface area contributed by atoms with Gasteiger partial charge < -0.3 is 15.4 Å². The third kappa shape index (κ3) is 4.63. The maximum atomic E-state index is 12.5. The Hall–Kier alpha value is -3.35. The zero-order chi connectivity index (χ0) is 19.2. The molecule has 3 N–H and O–H groups in total. The molecule has 2 aromatic carbocycles. The van der Waals surface area contributed by atoms with Crippen LogP contribution in [0.4, 0.5) is 11.5 Å². The lowest BCUT2D eigenvalue weighted by Crippen LogP contribution is -2.24. The molecule has 7 nitrogen and oxygen atoms in total. The minimum absolute atomic E-state index is 0.217. The van der Waals surface area contributed by atoms with Gasteiger partial charge in [-0.15, -0.1) is 10.2 Å². The Kier molecular flexibility index (Phi) is 5.71. The number of amides is 1. The van der Waals surface area contributed by atoms with Gasteiger partial charge in [0, 0.05) is 12.2 Å². The van der Waals surface area contributed by atoms with E-state index in [9.17, 15) is 4.79 Å². The van der Waals surface area contributed by atoms with E-state index in [1.54, 1.807) is 0 Å². The number of nitrogens with zero attached hydrogens (tertiary/aromatic N) is 2. The van der Waals surface area contributed by atoms with Crippen LogP contribution in [0.15, 0.2) is 42.5 Å². The first-order valence-corrected chi connectivity index (χ1v) is 8.81. The fourth-order valence-corrected chi connectivity index (χ4v) is 2.61. The molecule has 0 aliphatic rings. The normalized spacial score (nSPS) is 10.5. The van der Waals surface area contributed by atoms with Gasteiger partial charge in [-0.1, -0.05) is 18.2 Å². The molecular weight excluding hydrogens is 342 g/mol. The maximum Gasteiger partial charge on any atom is 0.275 e. The Morgan fingerprint density at radius 2 is 1.96 bits per heavy atom. The van der Waals surface area contributed by atoms with Gasteiger partial charge in [0.15, 0.2) is 11.5 Å². The summed E-state index contributed by atoms with van der Waals surface area (Å²) in [5.41, 5.74) is 4.37. The van der Waals surface area contributed by atoms with E-state index in [0.29, 0.717) is 19.0 Å². The standard InChI is InChI=1S/C20H23N5O2/c1-4-27-17-7-5-6-15(11-17)12-21-20(26)18-19(24-25-23-18)22-16-9-8-13(2)14(3)10-16/h5-11H,4,12H2,1-3H3,(H,21,26)(H2,22,23,24,25). The maximum absolute atomic E-state index is 12.5. The van der Waals surface area contributed by atoms with Gasteiger partial charge in [0.1, 0.15) is 5.75 Å². The number of aromatic nitrogens is 3. The lowest BCUT2D eigenvalue weighted by Gasteiger charge is -2.09. The number of hydrogen-bond donors (Lipinski definition) is 3. The Morgan fingerprint density at radius 1 is 1.11 bits per heavy atom. The molecule has 0 unspecified atom stereocenters. The van der Waals surface area contributed by atoms with Crippen LogP contribution < -0.4 is 15.4 Å². The smallest absolute Gasteiger partial charge is 0.275 e. The third-order valence-corrected chi connectivity index (χ3v) is 4.20. The zero-order valence-electron chi connectivity index (χ0n) is 15.7. The predicted octanol–water partition coefficient (Wildman–Crippen LogP) is 3.49. The van der Waals surface area contributed by atoms with Crippen LogP contribution in [0, 0.1) is 13.8 Å². The van der Waals surface area contributed by atoms with Crippen LogP contribution in [0.1, 0.15) is 34.1 Å². The van der Waals surface area contributed by atoms with Crippen molar-refractivity contribution in [2.24, 2.45) is 0 Å². The van der Waals surface area contributed by atoms with Crippen LogP contribution in [0.25, 0.3) is 0 Å². The fraction of sp³-hybridized carbons (Fsp3) is 0.250. The quantitative estimate of drug-likeness (QED) is 0.596. The molecule has 0 bridgehead atoms. The number of ether oxygens (including phenoxy) is 1. The molecule has 0 spiro atoms. The molecule has 7 heteroatoms. The molecule has 1 aromatic heterocycles. The first-order chi connectivity index (χ1) is 13.1. The van der Waals surface area contributed by atoms with E-state index in [-0.39, 0.29) is 11.6 Å². The van der Waals surface area contributed by atoms with Crippen molar-refractivity contribution in [1.82, 2.24) is 20.7 Å². The molecule has 0 saturated carbocycles. The average molecular weight is 365 g/mol. The van der Waals surface area contributed by atoms with Crippen molar-refractivity contribution in [3.63, 3.8) is 0 Å². The van der Waals surface area contributed by atoms with Crippen LogP contribution in [-0.4, -0.2) is 27.9 Å². The van der Waals surface area contributed by atoms with Gasteiger partial charge in [0.05, 0.1) is 6.61 Å². The summed E-state index contributed by atoms with van der Waals surface area (Å²) in [6, 6.07) is 13.6. The molecular formula is C20H23N5O2. The molecule has 0 saturated heterocycles. The highest BCUT2D eigenvalue weighted by Gasteiger charge is 2.16. The number of aromatic amines is 1. The topological polar surface area (TPSA) is 91.9 Å². The first-order valence-electron chi connectivity index (χ1n) is 8.81. The molecule has 27 heavy (non-hydrogen) atoms. The van der Waals surface area contributed by atoms with E-state index in [0.717, 1.165) is 22.6 Å². The Labute approximate surface area is 158 Å². The second-order valence-corrected chi connectivity index (χ2v) is 6.21. The number of anilines is 2. The molecule has 0 radical (unpaired) electrons. The summed E-state index contributed by atoms with van der Waals surface area (Å²) in [6.07, 6.45) is 0. The van der Waals surface area contributed by atoms with Gasteiger partial charge in [-0.25, -0.2) is 0 Å². The summed E-state index contributed by atoms with van der Waals surface area (Å²) < 4.78 is 5.48. The Morgan fingerprint density at radius 3 is 2.74 bits per heavy atom. The van der Waals surface area contributed by atoms with Crippen LogP contribution >= 0.6 is 0 Å². The second-order valence-electron chi connectivity index (χ2n) is 6.21. The molecule has 0 aliphatic heterocycles. The van der Waals surface area contributed by atoms with Crippen LogP contribution in [-0.2, 0) is 6.54 Å². The number of carbonyl (C=O) groups is 1. The SMILES string of the molecule is CCOc1cccc(CNC(=O)c2n[nH]nc2Nc2ccc(C)c(C)c2)c1. The molecule has 140 valence electrons.